The van der Waals surface area contributed by atoms with Gasteiger partial charge in [-0.1, -0.05) is 72.3 Å². The normalized spacial score (nSPS) is 11.8. The SMILES string of the molecule is [U+2].[c-]1ccccc1-c1[c-]cccc1-c1cccc(-n2c3cccc4c5ccccc5n5c6ccccc6c6ccc2c(c43)c65)c1. The Morgan fingerprint density at radius 1 is 0.467 bits per heavy atom. The summed E-state index contributed by atoms with van der Waals surface area (Å²) in [5, 5.41) is 7.72. The molecule has 7 aromatic carbocycles. The minimum atomic E-state index is 0. The van der Waals surface area contributed by atoms with Crippen LogP contribution in [0, 0.1) is 43.2 Å². The van der Waals surface area contributed by atoms with Crippen LogP contribution in [0.2, 0.25) is 0 Å². The first-order valence-electron chi connectivity index (χ1n) is 15.0. The third kappa shape index (κ3) is 3.69. The van der Waals surface area contributed by atoms with Crippen molar-refractivity contribution in [1.29, 1.82) is 0 Å². The molecule has 3 heteroatoms. The summed E-state index contributed by atoms with van der Waals surface area (Å²) in [5.41, 5.74) is 11.7. The molecular formula is C42H24N2U. The molecule has 0 aliphatic rings. The van der Waals surface area contributed by atoms with Gasteiger partial charge < -0.3 is 8.97 Å². The van der Waals surface area contributed by atoms with Crippen LogP contribution >= 0.6 is 0 Å². The van der Waals surface area contributed by atoms with Crippen LogP contribution in [0.15, 0.2) is 146 Å². The standard InChI is InChI=1S/C42H24N2.U/c1-2-12-27(13-3-1)30-16-4-5-17-31(30)28-14-10-15-29(26-28)43-38-23-11-20-34-32-18-6-8-21-36(32)44-37-22-9-7-19-33(37)35-24-25-39(43)41(40(34)38)42(35)44;/h1-12,14-15,17-26H;/q-2;+2. The predicted octanol–water partition coefficient (Wildman–Crippen LogP) is 10.9. The van der Waals surface area contributed by atoms with Gasteiger partial charge in [-0.05, 0) is 41.8 Å². The molecule has 0 bridgehead atoms. The first-order chi connectivity index (χ1) is 21.9. The molecule has 0 spiro atoms. The maximum atomic E-state index is 3.49. The number of fused-ring (bicyclic) bond motifs is 6. The van der Waals surface area contributed by atoms with E-state index in [0.29, 0.717) is 0 Å². The third-order valence-corrected chi connectivity index (χ3v) is 9.27. The van der Waals surface area contributed by atoms with E-state index < -0.39 is 0 Å². The Morgan fingerprint density at radius 2 is 1.16 bits per heavy atom. The van der Waals surface area contributed by atoms with Crippen molar-refractivity contribution in [2.24, 2.45) is 0 Å². The van der Waals surface area contributed by atoms with Gasteiger partial charge in [0.1, 0.15) is 0 Å². The maximum absolute atomic E-state index is 3.49. The quantitative estimate of drug-likeness (QED) is 0.158. The number of aromatic nitrogens is 2. The van der Waals surface area contributed by atoms with E-state index in [1.54, 1.807) is 0 Å². The summed E-state index contributed by atoms with van der Waals surface area (Å²) in [5.74, 6) is 0. The Bertz CT molecular complexity index is 2710. The smallest absolute Gasteiger partial charge is 0.309 e. The van der Waals surface area contributed by atoms with Crippen LogP contribution in [0.25, 0.3) is 87.8 Å². The van der Waals surface area contributed by atoms with Crippen molar-refractivity contribution >= 4 is 59.9 Å². The van der Waals surface area contributed by atoms with Gasteiger partial charge >= 0.3 is 31.1 Å². The Morgan fingerprint density at radius 3 is 1.98 bits per heavy atom. The van der Waals surface area contributed by atoms with Crippen LogP contribution in [-0.2, 0) is 0 Å². The van der Waals surface area contributed by atoms with Crippen molar-refractivity contribution in [1.82, 2.24) is 8.97 Å². The van der Waals surface area contributed by atoms with E-state index in [4.69, 9.17) is 0 Å². The van der Waals surface area contributed by atoms with Gasteiger partial charge in [-0.2, -0.15) is 36.4 Å². The summed E-state index contributed by atoms with van der Waals surface area (Å²) in [4.78, 5) is 0. The number of nitrogens with zero attached hydrogens (tertiary/aromatic N) is 2. The molecule has 206 valence electrons. The van der Waals surface area contributed by atoms with Gasteiger partial charge in [0.25, 0.3) is 0 Å². The van der Waals surface area contributed by atoms with E-state index in [2.05, 4.69) is 148 Å². The molecule has 10 rings (SSSR count). The van der Waals surface area contributed by atoms with E-state index in [-0.39, 0.29) is 31.1 Å². The van der Waals surface area contributed by atoms with E-state index in [1.165, 1.54) is 59.9 Å². The molecule has 3 aromatic heterocycles. The van der Waals surface area contributed by atoms with Crippen LogP contribution in [-0.4, -0.2) is 8.97 Å². The molecule has 2 nitrogen and oxygen atoms in total. The molecule has 0 atom stereocenters. The van der Waals surface area contributed by atoms with Crippen molar-refractivity contribution < 1.29 is 31.1 Å². The average molecular weight is 795 g/mol. The Hall–Kier alpha value is -4.81. The van der Waals surface area contributed by atoms with Crippen molar-refractivity contribution in [3.63, 3.8) is 0 Å². The van der Waals surface area contributed by atoms with Gasteiger partial charge in [0, 0.05) is 32.6 Å². The fourth-order valence-corrected chi connectivity index (χ4v) is 7.51. The van der Waals surface area contributed by atoms with Crippen LogP contribution in [0.3, 0.4) is 0 Å². The summed E-state index contributed by atoms with van der Waals surface area (Å²) in [6, 6.07) is 59.3. The zero-order valence-electron chi connectivity index (χ0n) is 24.3. The van der Waals surface area contributed by atoms with Gasteiger partial charge in [0.2, 0.25) is 0 Å². The number of rotatable bonds is 3. The first kappa shape index (κ1) is 26.6. The fourth-order valence-electron chi connectivity index (χ4n) is 7.51. The second-order valence-electron chi connectivity index (χ2n) is 11.5. The van der Waals surface area contributed by atoms with Crippen molar-refractivity contribution in [3.8, 4) is 27.9 Å². The fraction of sp³-hybridized carbons (Fsp3) is 0. The molecule has 3 heterocycles. The number of para-hydroxylation sites is 2. The molecule has 0 radical (unpaired) electrons. The van der Waals surface area contributed by atoms with Crippen LogP contribution in [0.1, 0.15) is 0 Å². The molecule has 0 fully saturated rings. The van der Waals surface area contributed by atoms with E-state index in [0.717, 1.165) is 27.9 Å². The zero-order valence-corrected chi connectivity index (χ0v) is 28.4. The topological polar surface area (TPSA) is 9.34 Å². The molecule has 0 N–H and O–H groups in total. The number of hydrogen-bond donors (Lipinski definition) is 0. The molecular weight excluding hydrogens is 771 g/mol. The molecule has 45 heavy (non-hydrogen) atoms. The minimum absolute atomic E-state index is 0. The van der Waals surface area contributed by atoms with E-state index >= 15 is 0 Å². The second kappa shape index (κ2) is 10.1. The summed E-state index contributed by atoms with van der Waals surface area (Å²) in [6.45, 7) is 0. The van der Waals surface area contributed by atoms with Crippen LogP contribution in [0.4, 0.5) is 0 Å². The maximum Gasteiger partial charge on any atom is 2.00 e. The van der Waals surface area contributed by atoms with Crippen molar-refractivity contribution in [2.45, 2.75) is 0 Å². The molecule has 0 saturated heterocycles. The summed E-state index contributed by atoms with van der Waals surface area (Å²) in [7, 11) is 0. The second-order valence-corrected chi connectivity index (χ2v) is 11.5. The molecule has 0 aliphatic carbocycles. The van der Waals surface area contributed by atoms with Crippen LogP contribution in [0.5, 0.6) is 0 Å². The summed E-state index contributed by atoms with van der Waals surface area (Å²) >= 11 is 0. The molecule has 0 unspecified atom stereocenters. The Balaban J connectivity index is 0.00000281. The third-order valence-electron chi connectivity index (χ3n) is 9.27. The van der Waals surface area contributed by atoms with Gasteiger partial charge in [0.05, 0.1) is 27.6 Å². The Labute approximate surface area is 283 Å². The molecule has 0 amide bonds. The first-order valence-corrected chi connectivity index (χ1v) is 15.0. The van der Waals surface area contributed by atoms with Gasteiger partial charge in [-0.15, -0.1) is 23.8 Å². The van der Waals surface area contributed by atoms with E-state index in [1.807, 2.05) is 18.2 Å². The number of hydrogen-bond acceptors (Lipinski definition) is 0. The van der Waals surface area contributed by atoms with Gasteiger partial charge in [-0.3, -0.25) is 0 Å². The van der Waals surface area contributed by atoms with Crippen molar-refractivity contribution in [3.05, 3.63) is 158 Å². The molecule has 10 aromatic rings. The van der Waals surface area contributed by atoms with Crippen LogP contribution < -0.4 is 0 Å². The predicted molar refractivity (Wildman–Crippen MR) is 184 cm³/mol. The monoisotopic (exact) mass is 794 g/mol. The summed E-state index contributed by atoms with van der Waals surface area (Å²) < 4.78 is 4.94. The van der Waals surface area contributed by atoms with Gasteiger partial charge in [0.15, 0.2) is 0 Å². The molecule has 0 saturated carbocycles. The molecule has 0 aliphatic heterocycles. The van der Waals surface area contributed by atoms with Crippen molar-refractivity contribution in [2.75, 3.05) is 0 Å². The van der Waals surface area contributed by atoms with E-state index in [9.17, 15) is 0 Å². The number of benzene rings is 7. The largest absolute Gasteiger partial charge is 2.00 e. The average Bonchev–Trinajstić information content (AvgIpc) is 3.57. The minimum Gasteiger partial charge on any atom is -0.309 e. The Kier molecular flexibility index (Phi) is 5.97. The zero-order chi connectivity index (χ0) is 28.8. The van der Waals surface area contributed by atoms with Gasteiger partial charge in [-0.25, -0.2) is 11.1 Å². The summed E-state index contributed by atoms with van der Waals surface area (Å²) in [6.07, 6.45) is 0.